The van der Waals surface area contributed by atoms with Gasteiger partial charge in [0.1, 0.15) is 11.9 Å². The van der Waals surface area contributed by atoms with Gasteiger partial charge >= 0.3 is 0 Å². The van der Waals surface area contributed by atoms with Crippen LogP contribution in [0.3, 0.4) is 0 Å². The Morgan fingerprint density at radius 2 is 2.30 bits per heavy atom. The summed E-state index contributed by atoms with van der Waals surface area (Å²) in [6, 6.07) is 9.79. The Bertz CT molecular complexity index is 703. The molecule has 20 heavy (non-hydrogen) atoms. The first kappa shape index (κ1) is 12.6. The molecule has 4 heteroatoms. The van der Waals surface area contributed by atoms with Gasteiger partial charge in [0.25, 0.3) is 0 Å². The van der Waals surface area contributed by atoms with Gasteiger partial charge in [-0.05, 0) is 36.2 Å². The third-order valence-corrected chi connectivity index (χ3v) is 3.47. The lowest BCUT2D eigenvalue weighted by atomic mass is 10.00. The van der Waals surface area contributed by atoms with Crippen LogP contribution < -0.4 is 10.5 Å². The van der Waals surface area contributed by atoms with E-state index in [1.165, 1.54) is 5.56 Å². The molecule has 1 aromatic carbocycles. The normalized spacial score (nSPS) is 16.4. The van der Waals surface area contributed by atoms with Crippen LogP contribution in [0.15, 0.2) is 30.5 Å². The highest BCUT2D eigenvalue weighted by molar-refractivity contribution is 5.72. The van der Waals surface area contributed by atoms with Crippen molar-refractivity contribution in [1.29, 1.82) is 5.26 Å². The largest absolute Gasteiger partial charge is 0.488 e. The number of aryl methyl sites for hydroxylation is 1. The molecule has 0 bridgehead atoms. The molecule has 100 valence electrons. The molecule has 1 aliphatic rings. The second kappa shape index (κ2) is 4.95. The van der Waals surface area contributed by atoms with Gasteiger partial charge in [-0.3, -0.25) is 4.98 Å². The number of nitrogens with zero attached hydrogens (tertiary/aromatic N) is 2. The highest BCUT2D eigenvalue weighted by atomic mass is 16.5. The fourth-order valence-corrected chi connectivity index (χ4v) is 2.56. The Morgan fingerprint density at radius 3 is 3.05 bits per heavy atom. The molecule has 0 aliphatic carbocycles. The summed E-state index contributed by atoms with van der Waals surface area (Å²) in [7, 11) is 0. The van der Waals surface area contributed by atoms with Crippen molar-refractivity contribution in [3.63, 3.8) is 0 Å². The van der Waals surface area contributed by atoms with Crippen molar-refractivity contribution < 1.29 is 4.74 Å². The van der Waals surface area contributed by atoms with Crippen LogP contribution in [0.25, 0.3) is 11.3 Å². The fraction of sp³-hybridized carbons (Fsp3) is 0.250. The van der Waals surface area contributed by atoms with Gasteiger partial charge < -0.3 is 10.5 Å². The summed E-state index contributed by atoms with van der Waals surface area (Å²) in [5.41, 5.74) is 10.3. The third-order valence-electron chi connectivity index (χ3n) is 3.47. The van der Waals surface area contributed by atoms with Gasteiger partial charge in [0, 0.05) is 24.7 Å². The Kier molecular flexibility index (Phi) is 3.13. The molecule has 0 saturated heterocycles. The SMILES string of the molecule is Cc1cc2c(c(-c3cc(C#N)ccn3)c1)OC(CN)C2. The molecule has 1 aliphatic heterocycles. The summed E-state index contributed by atoms with van der Waals surface area (Å²) < 4.78 is 5.92. The van der Waals surface area contributed by atoms with Gasteiger partial charge in [-0.2, -0.15) is 5.26 Å². The van der Waals surface area contributed by atoms with Crippen LogP contribution in [0.1, 0.15) is 16.7 Å². The van der Waals surface area contributed by atoms with Gasteiger partial charge in [-0.1, -0.05) is 6.07 Å². The number of hydrogen-bond donors (Lipinski definition) is 1. The first-order valence-electron chi connectivity index (χ1n) is 6.58. The summed E-state index contributed by atoms with van der Waals surface area (Å²) in [4.78, 5) is 4.36. The Morgan fingerprint density at radius 1 is 1.45 bits per heavy atom. The van der Waals surface area contributed by atoms with Crippen LogP contribution in [0.4, 0.5) is 0 Å². The van der Waals surface area contributed by atoms with Gasteiger partial charge in [-0.15, -0.1) is 0 Å². The van der Waals surface area contributed by atoms with E-state index in [1.54, 1.807) is 18.3 Å². The topological polar surface area (TPSA) is 71.9 Å². The Labute approximate surface area is 117 Å². The average molecular weight is 265 g/mol. The first-order valence-corrected chi connectivity index (χ1v) is 6.58. The second-order valence-corrected chi connectivity index (χ2v) is 5.02. The first-order chi connectivity index (χ1) is 9.71. The summed E-state index contributed by atoms with van der Waals surface area (Å²) in [6.07, 6.45) is 2.51. The maximum Gasteiger partial charge on any atom is 0.132 e. The molecular weight excluding hydrogens is 250 g/mol. The van der Waals surface area contributed by atoms with Crippen molar-refractivity contribution in [2.75, 3.05) is 6.54 Å². The lowest BCUT2D eigenvalue weighted by Gasteiger charge is -2.11. The molecule has 1 aromatic heterocycles. The van der Waals surface area contributed by atoms with E-state index >= 15 is 0 Å². The van der Waals surface area contributed by atoms with E-state index in [2.05, 4.69) is 17.1 Å². The number of benzene rings is 1. The quantitative estimate of drug-likeness (QED) is 0.903. The molecule has 0 fully saturated rings. The average Bonchev–Trinajstić information content (AvgIpc) is 2.89. The smallest absolute Gasteiger partial charge is 0.132 e. The zero-order valence-corrected chi connectivity index (χ0v) is 11.3. The van der Waals surface area contributed by atoms with Crippen molar-refractivity contribution in [1.82, 2.24) is 4.98 Å². The van der Waals surface area contributed by atoms with E-state index in [0.29, 0.717) is 12.1 Å². The molecule has 1 atom stereocenters. The molecule has 0 radical (unpaired) electrons. The number of nitrogens with two attached hydrogens (primary N) is 1. The molecule has 0 amide bonds. The molecule has 2 N–H and O–H groups in total. The molecule has 3 rings (SSSR count). The molecule has 2 aromatic rings. The molecule has 1 unspecified atom stereocenters. The predicted octanol–water partition coefficient (Wildman–Crippen LogP) is 2.19. The zero-order chi connectivity index (χ0) is 14.1. The fourth-order valence-electron chi connectivity index (χ4n) is 2.56. The minimum Gasteiger partial charge on any atom is -0.488 e. The number of fused-ring (bicyclic) bond motifs is 1. The van der Waals surface area contributed by atoms with E-state index < -0.39 is 0 Å². The van der Waals surface area contributed by atoms with E-state index in [-0.39, 0.29) is 6.10 Å². The molecule has 0 spiro atoms. The predicted molar refractivity (Wildman–Crippen MR) is 76.3 cm³/mol. The van der Waals surface area contributed by atoms with Gasteiger partial charge in [0.2, 0.25) is 0 Å². The van der Waals surface area contributed by atoms with Gasteiger partial charge in [0.05, 0.1) is 17.3 Å². The summed E-state index contributed by atoms with van der Waals surface area (Å²) >= 11 is 0. The van der Waals surface area contributed by atoms with Crippen molar-refractivity contribution in [3.05, 3.63) is 47.2 Å². The van der Waals surface area contributed by atoms with Crippen LogP contribution in [0.2, 0.25) is 0 Å². The standard InChI is InChI=1S/C16H15N3O/c1-10-4-12-7-13(9-18)20-16(12)14(5-10)15-6-11(8-17)2-3-19-15/h2-6,13H,7,9,18H2,1H3. The number of pyridine rings is 1. The van der Waals surface area contributed by atoms with Crippen molar-refractivity contribution in [2.24, 2.45) is 5.73 Å². The highest BCUT2D eigenvalue weighted by Crippen LogP contribution is 2.39. The van der Waals surface area contributed by atoms with Crippen LogP contribution in [-0.2, 0) is 6.42 Å². The molecule has 2 heterocycles. The summed E-state index contributed by atoms with van der Waals surface area (Å²) in [6.45, 7) is 2.55. The minimum atomic E-state index is 0.0321. The van der Waals surface area contributed by atoms with Gasteiger partial charge in [-0.25, -0.2) is 0 Å². The zero-order valence-electron chi connectivity index (χ0n) is 11.3. The highest BCUT2D eigenvalue weighted by Gasteiger charge is 2.25. The lowest BCUT2D eigenvalue weighted by Crippen LogP contribution is -2.24. The monoisotopic (exact) mass is 265 g/mol. The van der Waals surface area contributed by atoms with E-state index in [4.69, 9.17) is 15.7 Å². The summed E-state index contributed by atoms with van der Waals surface area (Å²) in [5, 5.41) is 9.01. The van der Waals surface area contributed by atoms with Gasteiger partial charge in [0.15, 0.2) is 0 Å². The number of ether oxygens (including phenoxy) is 1. The second-order valence-electron chi connectivity index (χ2n) is 5.02. The van der Waals surface area contributed by atoms with E-state index in [0.717, 1.165) is 29.0 Å². The van der Waals surface area contributed by atoms with Crippen LogP contribution >= 0.6 is 0 Å². The molecule has 0 saturated carbocycles. The maximum absolute atomic E-state index is 9.01. The van der Waals surface area contributed by atoms with Crippen molar-refractivity contribution >= 4 is 0 Å². The minimum absolute atomic E-state index is 0.0321. The van der Waals surface area contributed by atoms with Crippen LogP contribution in [-0.4, -0.2) is 17.6 Å². The van der Waals surface area contributed by atoms with Crippen molar-refractivity contribution in [2.45, 2.75) is 19.4 Å². The van der Waals surface area contributed by atoms with Crippen molar-refractivity contribution in [3.8, 4) is 23.1 Å². The van der Waals surface area contributed by atoms with Crippen LogP contribution in [0.5, 0.6) is 5.75 Å². The number of hydrogen-bond acceptors (Lipinski definition) is 4. The number of nitriles is 1. The van der Waals surface area contributed by atoms with E-state index in [1.807, 2.05) is 13.0 Å². The number of aromatic nitrogens is 1. The Hall–Kier alpha value is -2.38. The molecular formula is C16H15N3O. The third kappa shape index (κ3) is 2.13. The Balaban J connectivity index is 2.13. The molecule has 4 nitrogen and oxygen atoms in total. The number of rotatable bonds is 2. The van der Waals surface area contributed by atoms with E-state index in [9.17, 15) is 0 Å². The maximum atomic E-state index is 9.01. The summed E-state index contributed by atoms with van der Waals surface area (Å²) in [5.74, 6) is 0.855. The van der Waals surface area contributed by atoms with Crippen LogP contribution in [0, 0.1) is 18.3 Å². The lowest BCUT2D eigenvalue weighted by molar-refractivity contribution is 0.242.